The number of hydrogen-bond acceptors (Lipinski definition) is 5. The summed E-state index contributed by atoms with van der Waals surface area (Å²) in [4.78, 5) is 20.3. The number of rotatable bonds is 4. The van der Waals surface area contributed by atoms with Gasteiger partial charge in [0.15, 0.2) is 5.13 Å². The highest BCUT2D eigenvalue weighted by Crippen LogP contribution is 2.36. The molecule has 6 heteroatoms. The van der Waals surface area contributed by atoms with Gasteiger partial charge in [-0.05, 0) is 49.4 Å². The van der Waals surface area contributed by atoms with Gasteiger partial charge in [0, 0.05) is 18.8 Å². The van der Waals surface area contributed by atoms with Gasteiger partial charge in [-0.3, -0.25) is 4.79 Å². The molecule has 1 aliphatic heterocycles. The quantitative estimate of drug-likeness (QED) is 0.689. The number of nitrogens with zero attached hydrogens (tertiary/aromatic N) is 2. The molecule has 0 radical (unpaired) electrons. The van der Waals surface area contributed by atoms with Crippen LogP contribution in [-0.4, -0.2) is 24.0 Å². The molecule has 0 spiro atoms. The van der Waals surface area contributed by atoms with E-state index in [9.17, 15) is 4.79 Å². The second kappa shape index (κ2) is 7.14. The van der Waals surface area contributed by atoms with E-state index in [0.29, 0.717) is 0 Å². The van der Waals surface area contributed by atoms with Crippen molar-refractivity contribution < 1.29 is 4.79 Å². The number of fused-ring (bicyclic) bond motifs is 1. The highest BCUT2D eigenvalue weighted by atomic mass is 32.2. The van der Waals surface area contributed by atoms with Crippen LogP contribution in [0.5, 0.6) is 0 Å². The molecular formula is C19H21N3OS2. The van der Waals surface area contributed by atoms with Crippen molar-refractivity contribution in [2.45, 2.75) is 32.6 Å². The van der Waals surface area contributed by atoms with Crippen LogP contribution in [0.2, 0.25) is 0 Å². The van der Waals surface area contributed by atoms with E-state index >= 15 is 0 Å². The molecule has 25 heavy (non-hydrogen) atoms. The average Bonchev–Trinajstić information content (AvgIpc) is 3.22. The fourth-order valence-electron chi connectivity index (χ4n) is 3.07. The van der Waals surface area contributed by atoms with Gasteiger partial charge in [0.25, 0.3) is 5.91 Å². The molecule has 0 atom stereocenters. The number of nitrogens with one attached hydrogen (secondary N) is 1. The van der Waals surface area contributed by atoms with E-state index in [2.05, 4.69) is 29.3 Å². The maximum Gasteiger partial charge on any atom is 0.265 e. The molecule has 4 nitrogen and oxygen atoms in total. The van der Waals surface area contributed by atoms with Crippen LogP contribution in [0.3, 0.4) is 0 Å². The molecule has 3 aromatic rings. The molecule has 1 aromatic carbocycles. The second-order valence-corrected chi connectivity index (χ2v) is 8.62. The van der Waals surface area contributed by atoms with E-state index in [4.69, 9.17) is 4.98 Å². The summed E-state index contributed by atoms with van der Waals surface area (Å²) in [5.74, 6) is -0.0565. The van der Waals surface area contributed by atoms with Gasteiger partial charge in [-0.1, -0.05) is 30.4 Å². The van der Waals surface area contributed by atoms with Gasteiger partial charge in [-0.25, -0.2) is 4.98 Å². The van der Waals surface area contributed by atoms with Crippen molar-refractivity contribution in [3.05, 3.63) is 40.8 Å². The number of thiazole rings is 1. The molecule has 1 aliphatic rings. The van der Waals surface area contributed by atoms with Crippen LogP contribution in [0.25, 0.3) is 9.53 Å². The number of carbonyl (C=O) groups is 1. The van der Waals surface area contributed by atoms with Gasteiger partial charge in [0.2, 0.25) is 0 Å². The summed E-state index contributed by atoms with van der Waals surface area (Å²) in [6.45, 7) is 4.32. The van der Waals surface area contributed by atoms with Gasteiger partial charge < -0.3 is 10.2 Å². The van der Waals surface area contributed by atoms with Gasteiger partial charge >= 0.3 is 0 Å². The SMILES string of the molecule is CCc1ccc(NC(=O)c2cc3nc(N4CCCCC4)sc3s2)cc1. The summed E-state index contributed by atoms with van der Waals surface area (Å²) in [6, 6.07) is 9.93. The Bertz CT molecular complexity index is 844. The summed E-state index contributed by atoms with van der Waals surface area (Å²) in [6.07, 6.45) is 4.82. The third-order valence-electron chi connectivity index (χ3n) is 4.55. The number of benzene rings is 1. The first kappa shape index (κ1) is 16.5. The summed E-state index contributed by atoms with van der Waals surface area (Å²) in [7, 11) is 0. The van der Waals surface area contributed by atoms with Crippen molar-refractivity contribution in [1.29, 1.82) is 0 Å². The van der Waals surface area contributed by atoms with Gasteiger partial charge in [0.05, 0.1) is 10.4 Å². The summed E-state index contributed by atoms with van der Waals surface area (Å²) in [5.41, 5.74) is 3.05. The number of piperidine rings is 1. The maximum atomic E-state index is 12.5. The van der Waals surface area contributed by atoms with E-state index in [-0.39, 0.29) is 5.91 Å². The summed E-state index contributed by atoms with van der Waals surface area (Å²) < 4.78 is 1.13. The normalized spacial score (nSPS) is 14.8. The van der Waals surface area contributed by atoms with Crippen molar-refractivity contribution in [2.75, 3.05) is 23.3 Å². The summed E-state index contributed by atoms with van der Waals surface area (Å²) in [5, 5.41) is 4.08. The second-order valence-electron chi connectivity index (χ2n) is 6.33. The molecule has 0 aliphatic carbocycles. The summed E-state index contributed by atoms with van der Waals surface area (Å²) >= 11 is 3.24. The number of aromatic nitrogens is 1. The van der Waals surface area contributed by atoms with E-state index in [0.717, 1.165) is 44.7 Å². The predicted molar refractivity (Wildman–Crippen MR) is 107 cm³/mol. The van der Waals surface area contributed by atoms with Crippen LogP contribution < -0.4 is 10.2 Å². The highest BCUT2D eigenvalue weighted by molar-refractivity contribution is 7.40. The van der Waals surface area contributed by atoms with E-state index < -0.39 is 0 Å². The molecule has 130 valence electrons. The Kier molecular flexibility index (Phi) is 4.72. The topological polar surface area (TPSA) is 45.2 Å². The first-order valence-electron chi connectivity index (χ1n) is 8.78. The van der Waals surface area contributed by atoms with Crippen molar-refractivity contribution in [3.63, 3.8) is 0 Å². The van der Waals surface area contributed by atoms with Crippen molar-refractivity contribution in [1.82, 2.24) is 4.98 Å². The van der Waals surface area contributed by atoms with Crippen LogP contribution in [-0.2, 0) is 6.42 Å². The van der Waals surface area contributed by atoms with Crippen LogP contribution >= 0.6 is 22.7 Å². The zero-order chi connectivity index (χ0) is 17.2. The zero-order valence-corrected chi connectivity index (χ0v) is 15.9. The minimum absolute atomic E-state index is 0.0565. The number of anilines is 2. The van der Waals surface area contributed by atoms with Gasteiger partial charge in [-0.2, -0.15) is 0 Å². The Morgan fingerprint density at radius 1 is 1.16 bits per heavy atom. The van der Waals surface area contributed by atoms with Crippen LogP contribution in [0, 0.1) is 0 Å². The van der Waals surface area contributed by atoms with Gasteiger partial charge in [-0.15, -0.1) is 11.3 Å². The number of carbonyl (C=O) groups excluding carboxylic acids is 1. The Hall–Kier alpha value is -1.92. The molecule has 3 heterocycles. The fourth-order valence-corrected chi connectivity index (χ4v) is 5.29. The van der Waals surface area contributed by atoms with Crippen LogP contribution in [0.1, 0.15) is 41.4 Å². The van der Waals surface area contributed by atoms with Crippen molar-refractivity contribution in [3.8, 4) is 0 Å². The fraction of sp³-hybridized carbons (Fsp3) is 0.368. The molecule has 2 aromatic heterocycles. The lowest BCUT2D eigenvalue weighted by Gasteiger charge is -2.25. The van der Waals surface area contributed by atoms with Crippen molar-refractivity contribution in [2.24, 2.45) is 0 Å². The lowest BCUT2D eigenvalue weighted by molar-refractivity contribution is 0.103. The predicted octanol–water partition coefficient (Wildman–Crippen LogP) is 5.16. The number of thiophene rings is 1. The Labute approximate surface area is 155 Å². The monoisotopic (exact) mass is 371 g/mol. The molecule has 1 saturated heterocycles. The standard InChI is InChI=1S/C19H21N3OS2/c1-2-13-6-8-14(9-7-13)20-17(23)16-12-15-18(24-16)25-19(21-15)22-10-4-3-5-11-22/h6-9,12H,2-5,10-11H2,1H3,(H,20,23). The minimum Gasteiger partial charge on any atom is -0.348 e. The molecule has 1 N–H and O–H groups in total. The molecule has 1 fully saturated rings. The zero-order valence-electron chi connectivity index (χ0n) is 14.2. The number of amides is 1. The minimum atomic E-state index is -0.0565. The molecule has 4 rings (SSSR count). The third kappa shape index (κ3) is 3.55. The Morgan fingerprint density at radius 2 is 1.92 bits per heavy atom. The van der Waals surface area contributed by atoms with Gasteiger partial charge in [0.1, 0.15) is 4.01 Å². The van der Waals surface area contributed by atoms with Crippen molar-refractivity contribution >= 4 is 48.9 Å². The third-order valence-corrected chi connectivity index (χ3v) is 6.89. The number of aryl methyl sites for hydroxylation is 1. The molecule has 0 unspecified atom stereocenters. The lowest BCUT2D eigenvalue weighted by atomic mass is 10.1. The average molecular weight is 372 g/mol. The van der Waals surface area contributed by atoms with E-state index in [1.807, 2.05) is 18.2 Å². The van der Waals surface area contributed by atoms with E-state index in [1.54, 1.807) is 11.3 Å². The van der Waals surface area contributed by atoms with E-state index in [1.165, 1.54) is 36.2 Å². The largest absolute Gasteiger partial charge is 0.348 e. The highest BCUT2D eigenvalue weighted by Gasteiger charge is 2.18. The molecule has 0 bridgehead atoms. The van der Waals surface area contributed by atoms with Crippen LogP contribution in [0.15, 0.2) is 30.3 Å². The molecule has 0 saturated carbocycles. The molecular weight excluding hydrogens is 350 g/mol. The lowest BCUT2D eigenvalue weighted by Crippen LogP contribution is -2.29. The maximum absolute atomic E-state index is 12.5. The first-order chi connectivity index (χ1) is 12.2. The van der Waals surface area contributed by atoms with Crippen LogP contribution in [0.4, 0.5) is 10.8 Å². The Morgan fingerprint density at radius 3 is 2.60 bits per heavy atom. The Balaban J connectivity index is 1.48. The number of hydrogen-bond donors (Lipinski definition) is 1. The molecule has 1 amide bonds. The smallest absolute Gasteiger partial charge is 0.265 e. The first-order valence-corrected chi connectivity index (χ1v) is 10.4.